The van der Waals surface area contributed by atoms with Gasteiger partial charge in [0.1, 0.15) is 11.5 Å². The standard InChI is InChI=1S/C8H10O2.C6H6/c1-2-6-7(9)4-3-5-8(6)10;1-2-4-6-5-3-1/h3-5,9-10H,2H2,1H3;1-6H. The van der Waals surface area contributed by atoms with Crippen molar-refractivity contribution in [2.45, 2.75) is 13.3 Å². The fraction of sp³-hybridized carbons (Fsp3) is 0.143. The van der Waals surface area contributed by atoms with Crippen molar-refractivity contribution < 1.29 is 10.2 Å². The van der Waals surface area contributed by atoms with Crippen molar-refractivity contribution in [1.82, 2.24) is 0 Å². The van der Waals surface area contributed by atoms with E-state index in [4.69, 9.17) is 10.2 Å². The maximum absolute atomic E-state index is 9.13. The second-order valence-electron chi connectivity index (χ2n) is 3.28. The number of phenols is 2. The number of phenolic OH excluding ortho intramolecular Hbond substituents is 2. The van der Waals surface area contributed by atoms with Crippen LogP contribution in [-0.2, 0) is 6.42 Å². The first kappa shape index (κ1) is 12.1. The summed E-state index contributed by atoms with van der Waals surface area (Å²) in [5, 5.41) is 18.3. The summed E-state index contributed by atoms with van der Waals surface area (Å²) in [7, 11) is 0. The minimum Gasteiger partial charge on any atom is -0.508 e. The molecule has 2 N–H and O–H groups in total. The molecule has 2 nitrogen and oxygen atoms in total. The van der Waals surface area contributed by atoms with Crippen LogP contribution in [0.4, 0.5) is 0 Å². The average molecular weight is 216 g/mol. The summed E-state index contributed by atoms with van der Waals surface area (Å²) in [6, 6.07) is 16.8. The first-order valence-electron chi connectivity index (χ1n) is 5.25. The van der Waals surface area contributed by atoms with E-state index in [2.05, 4.69) is 0 Å². The number of aromatic hydroxyl groups is 2. The minimum atomic E-state index is 0.169. The molecule has 0 fully saturated rings. The maximum Gasteiger partial charge on any atom is 0.122 e. The summed E-state index contributed by atoms with van der Waals surface area (Å²) in [6.45, 7) is 1.88. The SMILES string of the molecule is CCc1c(O)cccc1O.c1ccccc1. The van der Waals surface area contributed by atoms with Crippen molar-refractivity contribution in [2.75, 3.05) is 0 Å². The Hall–Kier alpha value is -1.96. The number of benzene rings is 2. The maximum atomic E-state index is 9.13. The van der Waals surface area contributed by atoms with E-state index in [0.29, 0.717) is 12.0 Å². The van der Waals surface area contributed by atoms with Gasteiger partial charge < -0.3 is 10.2 Å². The quantitative estimate of drug-likeness (QED) is 0.767. The minimum absolute atomic E-state index is 0.169. The Labute approximate surface area is 95.8 Å². The molecule has 0 aromatic heterocycles. The van der Waals surface area contributed by atoms with Gasteiger partial charge in [-0.15, -0.1) is 0 Å². The molecule has 0 saturated carbocycles. The zero-order chi connectivity index (χ0) is 11.8. The molecule has 0 unspecified atom stereocenters. The predicted molar refractivity (Wildman–Crippen MR) is 65.6 cm³/mol. The normalized spacial score (nSPS) is 9.06. The zero-order valence-corrected chi connectivity index (χ0v) is 9.30. The molecule has 16 heavy (non-hydrogen) atoms. The third kappa shape index (κ3) is 3.65. The van der Waals surface area contributed by atoms with Gasteiger partial charge in [0.15, 0.2) is 0 Å². The molecule has 0 saturated heterocycles. The lowest BCUT2D eigenvalue weighted by Gasteiger charge is -2.01. The van der Waals surface area contributed by atoms with Gasteiger partial charge in [-0.25, -0.2) is 0 Å². The molecule has 0 bridgehead atoms. The molecule has 2 aromatic rings. The lowest BCUT2D eigenvalue weighted by atomic mass is 10.1. The van der Waals surface area contributed by atoms with E-state index in [1.54, 1.807) is 18.2 Å². The second-order valence-corrected chi connectivity index (χ2v) is 3.28. The van der Waals surface area contributed by atoms with E-state index in [1.165, 1.54) is 0 Å². The molecule has 2 aromatic carbocycles. The Morgan fingerprint density at radius 3 is 1.38 bits per heavy atom. The molecular formula is C14H16O2. The van der Waals surface area contributed by atoms with Crippen molar-refractivity contribution in [2.24, 2.45) is 0 Å². The molecule has 2 heteroatoms. The van der Waals surface area contributed by atoms with E-state index in [1.807, 2.05) is 43.3 Å². The molecule has 0 amide bonds. The molecule has 0 aliphatic rings. The van der Waals surface area contributed by atoms with Gasteiger partial charge in [0.2, 0.25) is 0 Å². The predicted octanol–water partition coefficient (Wildman–Crippen LogP) is 3.35. The van der Waals surface area contributed by atoms with Gasteiger partial charge in [-0.3, -0.25) is 0 Å². The van der Waals surface area contributed by atoms with E-state index < -0.39 is 0 Å². The Morgan fingerprint density at radius 2 is 1.12 bits per heavy atom. The lowest BCUT2D eigenvalue weighted by Crippen LogP contribution is -1.81. The molecule has 0 spiro atoms. The van der Waals surface area contributed by atoms with Gasteiger partial charge in [0.05, 0.1) is 0 Å². The Balaban J connectivity index is 0.000000181. The third-order valence-electron chi connectivity index (χ3n) is 2.15. The van der Waals surface area contributed by atoms with Crippen molar-refractivity contribution in [3.05, 3.63) is 60.2 Å². The van der Waals surface area contributed by atoms with Crippen molar-refractivity contribution in [3.8, 4) is 11.5 Å². The lowest BCUT2D eigenvalue weighted by molar-refractivity contribution is 0.439. The molecule has 0 heterocycles. The van der Waals surface area contributed by atoms with E-state index >= 15 is 0 Å². The molecular weight excluding hydrogens is 200 g/mol. The van der Waals surface area contributed by atoms with Gasteiger partial charge in [-0.2, -0.15) is 0 Å². The van der Waals surface area contributed by atoms with Crippen LogP contribution in [0.5, 0.6) is 11.5 Å². The van der Waals surface area contributed by atoms with Gasteiger partial charge >= 0.3 is 0 Å². The van der Waals surface area contributed by atoms with Crippen molar-refractivity contribution in [3.63, 3.8) is 0 Å². The second kappa shape index (κ2) is 6.51. The van der Waals surface area contributed by atoms with E-state index in [9.17, 15) is 0 Å². The highest BCUT2D eigenvalue weighted by Crippen LogP contribution is 2.25. The highest BCUT2D eigenvalue weighted by atomic mass is 16.3. The number of hydrogen-bond acceptors (Lipinski definition) is 2. The summed E-state index contributed by atoms with van der Waals surface area (Å²) < 4.78 is 0. The summed E-state index contributed by atoms with van der Waals surface area (Å²) in [4.78, 5) is 0. The summed E-state index contributed by atoms with van der Waals surface area (Å²) >= 11 is 0. The molecule has 84 valence electrons. The van der Waals surface area contributed by atoms with Crippen molar-refractivity contribution >= 4 is 0 Å². The third-order valence-corrected chi connectivity index (χ3v) is 2.15. The topological polar surface area (TPSA) is 40.5 Å². The monoisotopic (exact) mass is 216 g/mol. The van der Waals surface area contributed by atoms with Gasteiger partial charge in [-0.1, -0.05) is 49.4 Å². The van der Waals surface area contributed by atoms with Crippen LogP contribution < -0.4 is 0 Å². The van der Waals surface area contributed by atoms with Crippen LogP contribution in [0.1, 0.15) is 12.5 Å². The molecule has 2 rings (SSSR count). The summed E-state index contributed by atoms with van der Waals surface area (Å²) in [6.07, 6.45) is 0.651. The largest absolute Gasteiger partial charge is 0.508 e. The van der Waals surface area contributed by atoms with Crippen LogP contribution in [-0.4, -0.2) is 10.2 Å². The van der Waals surface area contributed by atoms with Crippen molar-refractivity contribution in [1.29, 1.82) is 0 Å². The highest BCUT2D eigenvalue weighted by molar-refractivity contribution is 5.42. The highest BCUT2D eigenvalue weighted by Gasteiger charge is 2.01. The Morgan fingerprint density at radius 1 is 0.750 bits per heavy atom. The van der Waals surface area contributed by atoms with Gasteiger partial charge in [0, 0.05) is 5.56 Å². The van der Waals surface area contributed by atoms with Gasteiger partial charge in [-0.05, 0) is 18.6 Å². The van der Waals surface area contributed by atoms with Crippen LogP contribution in [0.3, 0.4) is 0 Å². The van der Waals surface area contributed by atoms with Crippen LogP contribution in [0, 0.1) is 0 Å². The van der Waals surface area contributed by atoms with Crippen LogP contribution in [0.25, 0.3) is 0 Å². The Kier molecular flexibility index (Phi) is 4.93. The smallest absolute Gasteiger partial charge is 0.122 e. The van der Waals surface area contributed by atoms with Crippen LogP contribution in [0.15, 0.2) is 54.6 Å². The Bertz CT molecular complexity index is 363. The van der Waals surface area contributed by atoms with Crippen LogP contribution in [0.2, 0.25) is 0 Å². The number of hydrogen-bond donors (Lipinski definition) is 2. The fourth-order valence-electron chi connectivity index (χ4n) is 1.31. The average Bonchev–Trinajstić information content (AvgIpc) is 2.32. The van der Waals surface area contributed by atoms with Gasteiger partial charge in [0.25, 0.3) is 0 Å². The summed E-state index contributed by atoms with van der Waals surface area (Å²) in [5.74, 6) is 0.338. The fourth-order valence-corrected chi connectivity index (χ4v) is 1.31. The number of rotatable bonds is 1. The molecule has 0 aliphatic carbocycles. The van der Waals surface area contributed by atoms with Crippen LogP contribution >= 0.6 is 0 Å². The molecule has 0 radical (unpaired) electrons. The van der Waals surface area contributed by atoms with E-state index in [-0.39, 0.29) is 11.5 Å². The summed E-state index contributed by atoms with van der Waals surface area (Å²) in [5.41, 5.74) is 0.613. The molecule has 0 atom stereocenters. The first-order valence-corrected chi connectivity index (χ1v) is 5.25. The molecule has 0 aliphatic heterocycles. The zero-order valence-electron chi connectivity index (χ0n) is 9.30. The van der Waals surface area contributed by atoms with E-state index in [0.717, 1.165) is 0 Å². The first-order chi connectivity index (χ1) is 7.75.